The van der Waals surface area contributed by atoms with Crippen LogP contribution in [0.5, 0.6) is 5.75 Å². The number of nitrogens with one attached hydrogen (secondary N) is 1. The van der Waals surface area contributed by atoms with Gasteiger partial charge in [-0.2, -0.15) is 0 Å². The molecule has 0 saturated heterocycles. The Kier molecular flexibility index (Phi) is 8.16. The zero-order valence-corrected chi connectivity index (χ0v) is 19.8. The van der Waals surface area contributed by atoms with Crippen LogP contribution in [-0.4, -0.2) is 31.6 Å². The van der Waals surface area contributed by atoms with E-state index >= 15 is 0 Å². The van der Waals surface area contributed by atoms with Crippen molar-refractivity contribution in [3.63, 3.8) is 0 Å². The summed E-state index contributed by atoms with van der Waals surface area (Å²) in [7, 11) is 3.86. The lowest BCUT2D eigenvalue weighted by molar-refractivity contribution is 0.411. The summed E-state index contributed by atoms with van der Waals surface area (Å²) < 4.78 is 5.49. The molecular weight excluding hydrogens is 368 g/mol. The number of ether oxygens (including phenoxy) is 1. The molecule has 2 unspecified atom stereocenters. The van der Waals surface area contributed by atoms with Gasteiger partial charge < -0.3 is 15.0 Å². The van der Waals surface area contributed by atoms with Crippen LogP contribution in [0.2, 0.25) is 0 Å². The first kappa shape index (κ1) is 23.6. The molecule has 1 aromatic rings. The number of benzene rings is 1. The second kappa shape index (κ2) is 10.4. The molecule has 1 aromatic carbocycles. The van der Waals surface area contributed by atoms with E-state index in [0.29, 0.717) is 11.8 Å². The molecule has 0 fully saturated rings. The third-order valence-electron chi connectivity index (χ3n) is 5.82. The third-order valence-corrected chi connectivity index (χ3v) is 5.82. The molecule has 1 N–H and O–H groups in total. The maximum Gasteiger partial charge on any atom is 0.122 e. The van der Waals surface area contributed by atoms with Gasteiger partial charge >= 0.3 is 0 Å². The predicted molar refractivity (Wildman–Crippen MR) is 130 cm³/mol. The van der Waals surface area contributed by atoms with Crippen LogP contribution in [0.1, 0.15) is 38.8 Å². The SMILES string of the molecule is C=C/C=C(\C1=CC(NC(=C)c2ccc(C)c(OC)c2)C(C)C=C1N(C)CC)C(C)C. The molecule has 1 aliphatic rings. The lowest BCUT2D eigenvalue weighted by Crippen LogP contribution is -2.36. The quantitative estimate of drug-likeness (QED) is 0.501. The monoisotopic (exact) mass is 406 g/mol. The van der Waals surface area contributed by atoms with Crippen molar-refractivity contribution in [3.8, 4) is 5.75 Å². The molecule has 0 radical (unpaired) electrons. The Labute approximate surface area is 183 Å². The lowest BCUT2D eigenvalue weighted by Gasteiger charge is -2.35. The fourth-order valence-corrected chi connectivity index (χ4v) is 3.79. The Morgan fingerprint density at radius 2 is 2.00 bits per heavy atom. The van der Waals surface area contributed by atoms with Gasteiger partial charge in [-0.05, 0) is 42.5 Å². The summed E-state index contributed by atoms with van der Waals surface area (Å²) >= 11 is 0. The summed E-state index contributed by atoms with van der Waals surface area (Å²) in [5.74, 6) is 1.62. The van der Waals surface area contributed by atoms with E-state index in [4.69, 9.17) is 4.74 Å². The molecule has 3 heteroatoms. The minimum absolute atomic E-state index is 0.153. The maximum absolute atomic E-state index is 5.49. The molecule has 0 spiro atoms. The second-order valence-electron chi connectivity index (χ2n) is 8.35. The highest BCUT2D eigenvalue weighted by atomic mass is 16.5. The summed E-state index contributed by atoms with van der Waals surface area (Å²) in [6, 6.07) is 6.37. The van der Waals surface area contributed by atoms with Crippen LogP contribution in [0.15, 0.2) is 72.5 Å². The van der Waals surface area contributed by atoms with Crippen molar-refractivity contribution in [1.29, 1.82) is 0 Å². The van der Waals surface area contributed by atoms with Gasteiger partial charge in [0.1, 0.15) is 5.75 Å². The lowest BCUT2D eigenvalue weighted by atomic mass is 9.83. The summed E-state index contributed by atoms with van der Waals surface area (Å²) in [4.78, 5) is 2.32. The highest BCUT2D eigenvalue weighted by Gasteiger charge is 2.26. The van der Waals surface area contributed by atoms with Crippen molar-refractivity contribution < 1.29 is 4.74 Å². The molecule has 0 amide bonds. The molecule has 2 atom stereocenters. The van der Waals surface area contributed by atoms with Gasteiger partial charge in [0.05, 0.1) is 13.2 Å². The van der Waals surface area contributed by atoms with Crippen molar-refractivity contribution in [3.05, 3.63) is 83.6 Å². The first-order valence-electron chi connectivity index (χ1n) is 10.8. The van der Waals surface area contributed by atoms with E-state index in [0.717, 1.165) is 29.1 Å². The normalized spacial score (nSPS) is 19.1. The highest BCUT2D eigenvalue weighted by Crippen LogP contribution is 2.34. The zero-order valence-electron chi connectivity index (χ0n) is 19.8. The number of rotatable bonds is 9. The molecule has 0 heterocycles. The van der Waals surface area contributed by atoms with Crippen LogP contribution in [0.25, 0.3) is 5.70 Å². The largest absolute Gasteiger partial charge is 0.496 e. The van der Waals surface area contributed by atoms with Gasteiger partial charge in [0, 0.05) is 36.5 Å². The average molecular weight is 407 g/mol. The fraction of sp³-hybridized carbons (Fsp3) is 0.407. The molecule has 3 nitrogen and oxygen atoms in total. The van der Waals surface area contributed by atoms with Gasteiger partial charge in [-0.3, -0.25) is 0 Å². The molecule has 2 rings (SSSR count). The standard InChI is InChI=1S/C27H38N2O/c1-10-12-23(18(3)4)24-17-25(20(6)15-26(24)29(8)11-2)28-21(7)22-14-13-19(5)27(16-22)30-9/h10,12-18,20,25,28H,1,7,11H2,2-6,8-9H3/b23-12-. The van der Waals surface area contributed by atoms with Crippen LogP contribution in [0.3, 0.4) is 0 Å². The van der Waals surface area contributed by atoms with Crippen LogP contribution >= 0.6 is 0 Å². The average Bonchev–Trinajstić information content (AvgIpc) is 2.72. The van der Waals surface area contributed by atoms with Gasteiger partial charge in [-0.1, -0.05) is 70.4 Å². The van der Waals surface area contributed by atoms with E-state index in [1.807, 2.05) is 19.1 Å². The number of likely N-dealkylation sites (N-methyl/N-ethyl adjacent to an activating group) is 1. The number of allylic oxidation sites excluding steroid dienone is 3. The summed E-state index contributed by atoms with van der Waals surface area (Å²) in [5, 5.41) is 3.66. The van der Waals surface area contributed by atoms with Gasteiger partial charge in [-0.25, -0.2) is 0 Å². The number of aryl methyl sites for hydroxylation is 1. The molecule has 0 saturated carbocycles. The highest BCUT2D eigenvalue weighted by molar-refractivity contribution is 5.65. The number of hydrogen-bond donors (Lipinski definition) is 1. The molecule has 1 aliphatic carbocycles. The zero-order chi connectivity index (χ0) is 22.4. The van der Waals surface area contributed by atoms with Crippen molar-refractivity contribution in [2.75, 3.05) is 20.7 Å². The summed E-state index contributed by atoms with van der Waals surface area (Å²) in [6.45, 7) is 20.2. The molecule has 0 aromatic heterocycles. The minimum Gasteiger partial charge on any atom is -0.496 e. The third kappa shape index (κ3) is 5.27. The van der Waals surface area contributed by atoms with Crippen LogP contribution in [0, 0.1) is 18.8 Å². The first-order chi connectivity index (χ1) is 14.2. The van der Waals surface area contributed by atoms with Crippen molar-refractivity contribution in [2.24, 2.45) is 11.8 Å². The second-order valence-corrected chi connectivity index (χ2v) is 8.35. The van der Waals surface area contributed by atoms with E-state index in [2.05, 4.69) is 88.5 Å². The Hall–Kier alpha value is -2.68. The number of hydrogen-bond acceptors (Lipinski definition) is 3. The van der Waals surface area contributed by atoms with E-state index in [9.17, 15) is 0 Å². The smallest absolute Gasteiger partial charge is 0.122 e. The Balaban J connectivity index is 2.40. The van der Waals surface area contributed by atoms with Crippen molar-refractivity contribution in [1.82, 2.24) is 10.2 Å². The summed E-state index contributed by atoms with van der Waals surface area (Å²) in [5.41, 5.74) is 6.93. The van der Waals surface area contributed by atoms with E-state index in [1.165, 1.54) is 16.8 Å². The van der Waals surface area contributed by atoms with Gasteiger partial charge in [-0.15, -0.1) is 0 Å². The van der Waals surface area contributed by atoms with E-state index < -0.39 is 0 Å². The van der Waals surface area contributed by atoms with E-state index in [-0.39, 0.29) is 6.04 Å². The van der Waals surface area contributed by atoms with Crippen LogP contribution in [0.4, 0.5) is 0 Å². The Morgan fingerprint density at radius 3 is 2.57 bits per heavy atom. The molecule has 0 aliphatic heterocycles. The fourth-order valence-electron chi connectivity index (χ4n) is 3.79. The predicted octanol–water partition coefficient (Wildman–Crippen LogP) is 6.11. The van der Waals surface area contributed by atoms with Gasteiger partial charge in [0.2, 0.25) is 0 Å². The Morgan fingerprint density at radius 1 is 1.30 bits per heavy atom. The maximum atomic E-state index is 5.49. The van der Waals surface area contributed by atoms with Gasteiger partial charge in [0.25, 0.3) is 0 Å². The molecule has 0 bridgehead atoms. The van der Waals surface area contributed by atoms with E-state index in [1.54, 1.807) is 7.11 Å². The Bertz CT molecular complexity index is 873. The van der Waals surface area contributed by atoms with Crippen molar-refractivity contribution in [2.45, 2.75) is 40.7 Å². The molecular formula is C27H38N2O. The van der Waals surface area contributed by atoms with Crippen LogP contribution < -0.4 is 10.1 Å². The number of methoxy groups -OCH3 is 1. The summed E-state index contributed by atoms with van der Waals surface area (Å²) in [6.07, 6.45) is 8.76. The van der Waals surface area contributed by atoms with Gasteiger partial charge in [0.15, 0.2) is 0 Å². The molecule has 30 heavy (non-hydrogen) atoms. The molecule has 162 valence electrons. The number of nitrogens with zero attached hydrogens (tertiary/aromatic N) is 1. The van der Waals surface area contributed by atoms with Crippen molar-refractivity contribution >= 4 is 5.70 Å². The first-order valence-corrected chi connectivity index (χ1v) is 10.8. The van der Waals surface area contributed by atoms with Crippen LogP contribution in [-0.2, 0) is 0 Å². The topological polar surface area (TPSA) is 24.5 Å². The minimum atomic E-state index is 0.153.